The van der Waals surface area contributed by atoms with Crippen LogP contribution < -0.4 is 5.32 Å². The predicted molar refractivity (Wildman–Crippen MR) is 83.5 cm³/mol. The molecule has 2 aliphatic rings. The topological polar surface area (TPSA) is 21.3 Å². The van der Waals surface area contributed by atoms with Crippen LogP contribution in [0.4, 0.5) is 0 Å². The van der Waals surface area contributed by atoms with E-state index < -0.39 is 0 Å². The van der Waals surface area contributed by atoms with Crippen molar-refractivity contribution in [1.29, 1.82) is 0 Å². The van der Waals surface area contributed by atoms with Gasteiger partial charge in [-0.15, -0.1) is 0 Å². The molecule has 1 aromatic rings. The van der Waals surface area contributed by atoms with Gasteiger partial charge in [-0.05, 0) is 68.8 Å². The molecule has 0 radical (unpaired) electrons. The molecule has 2 nitrogen and oxygen atoms in total. The molecular weight excluding hydrogens is 293 g/mol. The average molecular weight is 314 g/mol. The molecule has 1 saturated carbocycles. The van der Waals surface area contributed by atoms with Crippen LogP contribution >= 0.6 is 23.2 Å². The Labute approximate surface area is 130 Å². The molecule has 2 atom stereocenters. The van der Waals surface area contributed by atoms with Crippen molar-refractivity contribution in [2.45, 2.75) is 43.7 Å². The molecule has 1 spiro atoms. The number of hydrogen-bond acceptors (Lipinski definition) is 2. The highest BCUT2D eigenvalue weighted by Gasteiger charge is 2.44. The number of rotatable bonds is 3. The number of halogens is 2. The molecule has 3 rings (SSSR count). The molecule has 1 heterocycles. The predicted octanol–water partition coefficient (Wildman–Crippen LogP) is 4.60. The first-order valence-corrected chi connectivity index (χ1v) is 8.15. The highest BCUT2D eigenvalue weighted by atomic mass is 35.5. The minimum absolute atomic E-state index is 0.156. The van der Waals surface area contributed by atoms with Crippen molar-refractivity contribution in [2.75, 3.05) is 13.7 Å². The highest BCUT2D eigenvalue weighted by Crippen LogP contribution is 2.47. The van der Waals surface area contributed by atoms with E-state index in [-0.39, 0.29) is 11.6 Å². The molecule has 2 unspecified atom stereocenters. The summed E-state index contributed by atoms with van der Waals surface area (Å²) < 4.78 is 6.03. The fourth-order valence-electron chi connectivity index (χ4n) is 3.67. The summed E-state index contributed by atoms with van der Waals surface area (Å²) >= 11 is 12.5. The van der Waals surface area contributed by atoms with Crippen LogP contribution in [-0.4, -0.2) is 19.3 Å². The number of nitrogens with one attached hydrogen (secondary N) is 1. The van der Waals surface area contributed by atoms with Crippen LogP contribution in [0.1, 0.15) is 43.7 Å². The molecular formula is C16H21Cl2NO. The van der Waals surface area contributed by atoms with Gasteiger partial charge in [0.1, 0.15) is 0 Å². The van der Waals surface area contributed by atoms with Gasteiger partial charge < -0.3 is 10.1 Å². The number of ether oxygens (including phenoxy) is 1. The average Bonchev–Trinajstić information content (AvgIpc) is 2.42. The van der Waals surface area contributed by atoms with Crippen LogP contribution in [0.2, 0.25) is 10.0 Å². The molecule has 110 valence electrons. The Morgan fingerprint density at radius 1 is 1.35 bits per heavy atom. The van der Waals surface area contributed by atoms with Gasteiger partial charge in [0.2, 0.25) is 0 Å². The van der Waals surface area contributed by atoms with E-state index in [0.717, 1.165) is 35.1 Å². The van der Waals surface area contributed by atoms with E-state index in [2.05, 4.69) is 5.32 Å². The van der Waals surface area contributed by atoms with Crippen LogP contribution in [0, 0.1) is 5.92 Å². The molecule has 1 aliphatic carbocycles. The van der Waals surface area contributed by atoms with Gasteiger partial charge in [-0.1, -0.05) is 23.2 Å². The fourth-order valence-corrected chi connectivity index (χ4v) is 4.08. The van der Waals surface area contributed by atoms with Crippen LogP contribution in [0.25, 0.3) is 0 Å². The maximum atomic E-state index is 6.38. The molecule has 1 aromatic carbocycles. The highest BCUT2D eigenvalue weighted by molar-refractivity contribution is 6.33. The van der Waals surface area contributed by atoms with Gasteiger partial charge >= 0.3 is 0 Å². The van der Waals surface area contributed by atoms with E-state index in [1.165, 1.54) is 19.3 Å². The summed E-state index contributed by atoms with van der Waals surface area (Å²) in [6.07, 6.45) is 5.93. The third-order valence-electron chi connectivity index (χ3n) is 4.87. The quantitative estimate of drug-likeness (QED) is 0.880. The Kier molecular flexibility index (Phi) is 4.28. The van der Waals surface area contributed by atoms with Gasteiger partial charge in [0.15, 0.2) is 0 Å². The first-order valence-electron chi connectivity index (χ1n) is 7.40. The van der Waals surface area contributed by atoms with Gasteiger partial charge in [0.05, 0.1) is 5.60 Å². The summed E-state index contributed by atoms with van der Waals surface area (Å²) in [4.78, 5) is 0. The molecule has 4 heteroatoms. The van der Waals surface area contributed by atoms with Gasteiger partial charge in [-0.3, -0.25) is 0 Å². The summed E-state index contributed by atoms with van der Waals surface area (Å²) in [5.41, 5.74) is 1.27. The largest absolute Gasteiger partial charge is 0.375 e. The van der Waals surface area contributed by atoms with Crippen molar-refractivity contribution in [3.8, 4) is 0 Å². The number of hydrogen-bond donors (Lipinski definition) is 1. The Morgan fingerprint density at radius 3 is 2.80 bits per heavy atom. The van der Waals surface area contributed by atoms with Gasteiger partial charge in [0.25, 0.3) is 0 Å². The SMILES string of the molecule is CNC(c1cc(Cl)ccc1Cl)C1CCOC2(CCC2)C1. The van der Waals surface area contributed by atoms with Crippen LogP contribution in [-0.2, 0) is 4.74 Å². The van der Waals surface area contributed by atoms with Crippen molar-refractivity contribution in [1.82, 2.24) is 5.32 Å². The number of benzene rings is 1. The van der Waals surface area contributed by atoms with Crippen LogP contribution in [0.3, 0.4) is 0 Å². The maximum Gasteiger partial charge on any atom is 0.0686 e. The van der Waals surface area contributed by atoms with Crippen molar-refractivity contribution in [3.05, 3.63) is 33.8 Å². The zero-order valence-corrected chi connectivity index (χ0v) is 13.3. The lowest BCUT2D eigenvalue weighted by atomic mass is 9.69. The Morgan fingerprint density at radius 2 is 2.15 bits per heavy atom. The second-order valence-corrected chi connectivity index (χ2v) is 6.91. The summed E-state index contributed by atoms with van der Waals surface area (Å²) in [7, 11) is 2.00. The molecule has 1 N–H and O–H groups in total. The van der Waals surface area contributed by atoms with Crippen LogP contribution in [0.15, 0.2) is 18.2 Å². The minimum atomic E-state index is 0.156. The zero-order chi connectivity index (χ0) is 14.2. The van der Waals surface area contributed by atoms with E-state index in [9.17, 15) is 0 Å². The molecule has 1 aliphatic heterocycles. The zero-order valence-electron chi connectivity index (χ0n) is 11.8. The van der Waals surface area contributed by atoms with E-state index in [4.69, 9.17) is 27.9 Å². The van der Waals surface area contributed by atoms with Gasteiger partial charge in [0, 0.05) is 22.7 Å². The van der Waals surface area contributed by atoms with Crippen molar-refractivity contribution < 1.29 is 4.74 Å². The molecule has 2 fully saturated rings. The van der Waals surface area contributed by atoms with E-state index in [0.29, 0.717) is 5.92 Å². The Balaban J connectivity index is 1.83. The lowest BCUT2D eigenvalue weighted by molar-refractivity contribution is -0.147. The molecule has 0 amide bonds. The second kappa shape index (κ2) is 5.84. The summed E-state index contributed by atoms with van der Waals surface area (Å²) in [6.45, 7) is 0.862. The summed E-state index contributed by atoms with van der Waals surface area (Å²) in [5, 5.41) is 4.98. The normalized spacial score (nSPS) is 26.2. The molecule has 0 aromatic heterocycles. The lowest BCUT2D eigenvalue weighted by Gasteiger charge is -2.49. The second-order valence-electron chi connectivity index (χ2n) is 6.07. The van der Waals surface area contributed by atoms with E-state index in [1.807, 2.05) is 25.2 Å². The standard InChI is InChI=1S/C16H21Cl2NO/c1-19-15(13-9-12(17)3-4-14(13)18)11-5-8-20-16(10-11)6-2-7-16/h3-4,9,11,15,19H,2,5-8,10H2,1H3. The Bertz CT molecular complexity index is 487. The van der Waals surface area contributed by atoms with Gasteiger partial charge in [-0.25, -0.2) is 0 Å². The first-order chi connectivity index (χ1) is 9.63. The molecule has 0 bridgehead atoms. The van der Waals surface area contributed by atoms with Crippen molar-refractivity contribution >= 4 is 23.2 Å². The fraction of sp³-hybridized carbons (Fsp3) is 0.625. The third kappa shape index (κ3) is 2.71. The molecule has 1 saturated heterocycles. The maximum absolute atomic E-state index is 6.38. The summed E-state index contributed by atoms with van der Waals surface area (Å²) in [5.74, 6) is 0.560. The minimum Gasteiger partial charge on any atom is -0.375 e. The van der Waals surface area contributed by atoms with Crippen molar-refractivity contribution in [2.24, 2.45) is 5.92 Å². The third-order valence-corrected chi connectivity index (χ3v) is 5.45. The van der Waals surface area contributed by atoms with E-state index in [1.54, 1.807) is 0 Å². The van der Waals surface area contributed by atoms with E-state index >= 15 is 0 Å². The smallest absolute Gasteiger partial charge is 0.0686 e. The molecule has 20 heavy (non-hydrogen) atoms. The Hall–Kier alpha value is -0.280. The lowest BCUT2D eigenvalue weighted by Crippen LogP contribution is -2.47. The van der Waals surface area contributed by atoms with Crippen molar-refractivity contribution in [3.63, 3.8) is 0 Å². The first kappa shape index (κ1) is 14.6. The summed E-state index contributed by atoms with van der Waals surface area (Å²) in [6, 6.07) is 5.98. The monoisotopic (exact) mass is 313 g/mol. The van der Waals surface area contributed by atoms with Gasteiger partial charge in [-0.2, -0.15) is 0 Å². The van der Waals surface area contributed by atoms with Crippen LogP contribution in [0.5, 0.6) is 0 Å².